The summed E-state index contributed by atoms with van der Waals surface area (Å²) in [6.07, 6.45) is 2.50. The Bertz CT molecular complexity index is 1150. The second-order valence-electron chi connectivity index (χ2n) is 7.59. The van der Waals surface area contributed by atoms with Gasteiger partial charge in [0.15, 0.2) is 0 Å². The minimum Gasteiger partial charge on any atom is -0.348 e. The monoisotopic (exact) mass is 502 g/mol. The van der Waals surface area contributed by atoms with E-state index >= 15 is 0 Å². The van der Waals surface area contributed by atoms with Gasteiger partial charge in [0.1, 0.15) is 0 Å². The van der Waals surface area contributed by atoms with Crippen LogP contribution < -0.4 is 5.32 Å². The summed E-state index contributed by atoms with van der Waals surface area (Å²) in [6.45, 7) is 1.79. The van der Waals surface area contributed by atoms with E-state index in [1.165, 1.54) is 28.6 Å². The van der Waals surface area contributed by atoms with Gasteiger partial charge >= 0.3 is 0 Å². The number of benzene rings is 3. The van der Waals surface area contributed by atoms with Gasteiger partial charge in [0.2, 0.25) is 15.9 Å². The topological polar surface area (TPSA) is 66.5 Å². The molecule has 1 atom stereocenters. The van der Waals surface area contributed by atoms with E-state index in [9.17, 15) is 13.2 Å². The standard InChI is InChI=1S/C25H27ClN2O3S2/c1-19(21-8-12-23(32-2)13-9-21)27-25(29)18-28(17-16-20-6-4-3-5-7-20)33(30,31)24-14-10-22(26)11-15-24/h3-15,19H,16-18H2,1-2H3,(H,27,29)/t19-/m0/s1. The van der Waals surface area contributed by atoms with Crippen molar-refractivity contribution in [3.8, 4) is 0 Å². The fraction of sp³-hybridized carbons (Fsp3) is 0.240. The molecule has 5 nitrogen and oxygen atoms in total. The van der Waals surface area contributed by atoms with E-state index in [1.807, 2.05) is 67.8 Å². The zero-order valence-electron chi connectivity index (χ0n) is 18.6. The fourth-order valence-corrected chi connectivity index (χ4v) is 5.29. The maximum atomic E-state index is 13.3. The molecule has 1 amide bonds. The summed E-state index contributed by atoms with van der Waals surface area (Å²) in [4.78, 5) is 14.1. The highest BCUT2D eigenvalue weighted by Gasteiger charge is 2.27. The maximum absolute atomic E-state index is 13.3. The molecule has 0 fully saturated rings. The molecule has 0 aliphatic carbocycles. The third-order valence-corrected chi connectivity index (χ3v) is 8.11. The van der Waals surface area contributed by atoms with Crippen molar-refractivity contribution in [2.24, 2.45) is 0 Å². The molecule has 0 bridgehead atoms. The first kappa shape index (κ1) is 25.3. The Hall–Kier alpha value is -2.32. The SMILES string of the molecule is CSc1ccc([C@H](C)NC(=O)CN(CCc2ccccc2)S(=O)(=O)c2ccc(Cl)cc2)cc1. The van der Waals surface area contributed by atoms with Crippen molar-refractivity contribution in [3.63, 3.8) is 0 Å². The van der Waals surface area contributed by atoms with Crippen LogP contribution in [0.1, 0.15) is 24.1 Å². The van der Waals surface area contributed by atoms with Crippen LogP contribution in [0.2, 0.25) is 5.02 Å². The summed E-state index contributed by atoms with van der Waals surface area (Å²) in [7, 11) is -3.88. The summed E-state index contributed by atoms with van der Waals surface area (Å²) in [5.74, 6) is -0.359. The van der Waals surface area contributed by atoms with E-state index in [-0.39, 0.29) is 29.9 Å². The first-order chi connectivity index (χ1) is 15.8. The van der Waals surface area contributed by atoms with Crippen molar-refractivity contribution >= 4 is 39.3 Å². The molecule has 1 N–H and O–H groups in total. The van der Waals surface area contributed by atoms with Gasteiger partial charge in [-0.3, -0.25) is 4.79 Å². The molecule has 0 aromatic heterocycles. The molecule has 3 rings (SSSR count). The van der Waals surface area contributed by atoms with Crippen LogP contribution in [0.25, 0.3) is 0 Å². The lowest BCUT2D eigenvalue weighted by atomic mass is 10.1. The van der Waals surface area contributed by atoms with E-state index in [2.05, 4.69) is 5.32 Å². The predicted molar refractivity (Wildman–Crippen MR) is 135 cm³/mol. The van der Waals surface area contributed by atoms with E-state index < -0.39 is 10.0 Å². The zero-order chi connectivity index (χ0) is 23.8. The van der Waals surface area contributed by atoms with Crippen LogP contribution in [-0.2, 0) is 21.2 Å². The predicted octanol–water partition coefficient (Wildman–Crippen LogP) is 5.17. The van der Waals surface area contributed by atoms with Crippen LogP contribution in [0.15, 0.2) is 88.7 Å². The average Bonchev–Trinajstić information content (AvgIpc) is 2.82. The van der Waals surface area contributed by atoms with Gasteiger partial charge in [0.05, 0.1) is 17.5 Å². The zero-order valence-corrected chi connectivity index (χ0v) is 21.0. The van der Waals surface area contributed by atoms with Crippen LogP contribution in [0.3, 0.4) is 0 Å². The summed E-state index contributed by atoms with van der Waals surface area (Å²) < 4.78 is 27.9. The highest BCUT2D eigenvalue weighted by molar-refractivity contribution is 7.98. The van der Waals surface area contributed by atoms with Gasteiger partial charge in [-0.25, -0.2) is 8.42 Å². The highest BCUT2D eigenvalue weighted by atomic mass is 35.5. The highest BCUT2D eigenvalue weighted by Crippen LogP contribution is 2.21. The van der Waals surface area contributed by atoms with Crippen molar-refractivity contribution in [1.82, 2.24) is 9.62 Å². The van der Waals surface area contributed by atoms with Crippen LogP contribution in [0.5, 0.6) is 0 Å². The number of amides is 1. The first-order valence-corrected chi connectivity index (χ1v) is 13.6. The molecular formula is C25H27ClN2O3S2. The van der Waals surface area contributed by atoms with Crippen LogP contribution >= 0.6 is 23.4 Å². The van der Waals surface area contributed by atoms with Crippen LogP contribution in [0, 0.1) is 0 Å². The van der Waals surface area contributed by atoms with Crippen molar-refractivity contribution in [1.29, 1.82) is 0 Å². The van der Waals surface area contributed by atoms with Crippen molar-refractivity contribution in [3.05, 3.63) is 95.0 Å². The molecule has 0 spiro atoms. The number of sulfonamides is 1. The van der Waals surface area contributed by atoms with Crippen LogP contribution in [-0.4, -0.2) is 38.0 Å². The number of hydrogen-bond donors (Lipinski definition) is 1. The number of nitrogens with zero attached hydrogens (tertiary/aromatic N) is 1. The van der Waals surface area contributed by atoms with Gasteiger partial charge < -0.3 is 5.32 Å². The molecule has 3 aromatic carbocycles. The molecule has 0 heterocycles. The van der Waals surface area contributed by atoms with Crippen molar-refractivity contribution in [2.75, 3.05) is 19.3 Å². The summed E-state index contributed by atoms with van der Waals surface area (Å²) in [5, 5.41) is 3.37. The molecule has 0 saturated heterocycles. The lowest BCUT2D eigenvalue weighted by Crippen LogP contribution is -2.42. The smallest absolute Gasteiger partial charge is 0.243 e. The fourth-order valence-electron chi connectivity index (χ4n) is 3.36. The molecule has 174 valence electrons. The minimum absolute atomic E-state index is 0.105. The van der Waals surface area contributed by atoms with E-state index in [0.717, 1.165) is 16.0 Å². The minimum atomic E-state index is -3.88. The van der Waals surface area contributed by atoms with Gasteiger partial charge in [0, 0.05) is 16.5 Å². The lowest BCUT2D eigenvalue weighted by Gasteiger charge is -2.23. The summed E-state index contributed by atoms with van der Waals surface area (Å²) in [6, 6.07) is 23.3. The number of halogens is 1. The van der Waals surface area contributed by atoms with Crippen LogP contribution in [0.4, 0.5) is 0 Å². The molecule has 0 aliphatic rings. The number of nitrogens with one attached hydrogen (secondary N) is 1. The largest absolute Gasteiger partial charge is 0.348 e. The average molecular weight is 503 g/mol. The summed E-state index contributed by atoms with van der Waals surface area (Å²) in [5.41, 5.74) is 1.95. The lowest BCUT2D eigenvalue weighted by molar-refractivity contribution is -0.121. The normalized spacial score (nSPS) is 12.5. The van der Waals surface area contributed by atoms with Gasteiger partial charge in [-0.05, 0) is 67.1 Å². The molecule has 33 heavy (non-hydrogen) atoms. The molecule has 0 unspecified atom stereocenters. The van der Waals surface area contributed by atoms with Gasteiger partial charge in [-0.2, -0.15) is 4.31 Å². The van der Waals surface area contributed by atoms with Crippen molar-refractivity contribution < 1.29 is 13.2 Å². The van der Waals surface area contributed by atoms with E-state index in [0.29, 0.717) is 11.4 Å². The first-order valence-electron chi connectivity index (χ1n) is 10.5. The summed E-state index contributed by atoms with van der Waals surface area (Å²) >= 11 is 7.58. The Morgan fingerprint density at radius 2 is 1.64 bits per heavy atom. The molecule has 0 radical (unpaired) electrons. The number of hydrogen-bond acceptors (Lipinski definition) is 4. The number of rotatable bonds is 10. The maximum Gasteiger partial charge on any atom is 0.243 e. The Labute approximate surface area is 205 Å². The Morgan fingerprint density at radius 1 is 1.00 bits per heavy atom. The Kier molecular flexibility index (Phi) is 8.97. The van der Waals surface area contributed by atoms with E-state index in [4.69, 9.17) is 11.6 Å². The van der Waals surface area contributed by atoms with Gasteiger partial charge in [-0.15, -0.1) is 11.8 Å². The molecule has 8 heteroatoms. The third-order valence-electron chi connectivity index (χ3n) is 5.26. The van der Waals surface area contributed by atoms with Gasteiger partial charge in [0.25, 0.3) is 0 Å². The molecule has 3 aromatic rings. The third kappa shape index (κ3) is 7.08. The molecule has 0 saturated carbocycles. The molecular weight excluding hydrogens is 476 g/mol. The molecule has 0 aliphatic heterocycles. The number of carbonyl (C=O) groups is 1. The Balaban J connectivity index is 1.75. The van der Waals surface area contributed by atoms with E-state index in [1.54, 1.807) is 11.8 Å². The number of carbonyl (C=O) groups excluding carboxylic acids is 1. The Morgan fingerprint density at radius 3 is 2.24 bits per heavy atom. The second-order valence-corrected chi connectivity index (χ2v) is 10.8. The quantitative estimate of drug-likeness (QED) is 0.388. The number of thioether (sulfide) groups is 1. The van der Waals surface area contributed by atoms with Crippen molar-refractivity contribution in [2.45, 2.75) is 29.2 Å². The second kappa shape index (κ2) is 11.7. The van der Waals surface area contributed by atoms with Gasteiger partial charge in [-0.1, -0.05) is 54.1 Å².